The molecule has 7 heteroatoms. The van der Waals surface area contributed by atoms with Crippen LogP contribution in [0.2, 0.25) is 0 Å². The first-order valence-corrected chi connectivity index (χ1v) is 4.86. The van der Waals surface area contributed by atoms with E-state index < -0.39 is 33.5 Å². The van der Waals surface area contributed by atoms with Gasteiger partial charge in [-0.25, -0.2) is 0 Å². The first-order chi connectivity index (χ1) is 6.99. The highest BCUT2D eigenvalue weighted by Crippen LogP contribution is 2.30. The van der Waals surface area contributed by atoms with Crippen molar-refractivity contribution < 1.29 is 19.2 Å². The summed E-state index contributed by atoms with van der Waals surface area (Å²) in [6.07, 6.45) is 0. The first kappa shape index (κ1) is 11.6. The van der Waals surface area contributed by atoms with E-state index in [9.17, 15) is 24.4 Å². The van der Waals surface area contributed by atoms with Gasteiger partial charge in [-0.1, -0.05) is 15.9 Å². The van der Waals surface area contributed by atoms with Crippen molar-refractivity contribution in [3.05, 3.63) is 33.6 Å². The zero-order valence-electron chi connectivity index (χ0n) is 7.24. The molecule has 0 fully saturated rings. The number of phenolic OH excluding ortho intramolecular Hbond substituents is 1. The Kier molecular flexibility index (Phi) is 3.35. The molecule has 0 aliphatic carbocycles. The van der Waals surface area contributed by atoms with E-state index in [1.165, 1.54) is 0 Å². The Labute approximate surface area is 91.8 Å². The quantitative estimate of drug-likeness (QED) is 0.397. The molecule has 0 aliphatic rings. The van der Waals surface area contributed by atoms with Crippen LogP contribution in [-0.2, 0) is 0 Å². The van der Waals surface area contributed by atoms with Gasteiger partial charge in [-0.2, -0.15) is 4.39 Å². The Morgan fingerprint density at radius 1 is 1.60 bits per heavy atom. The minimum absolute atomic E-state index is 0.231. The van der Waals surface area contributed by atoms with Crippen molar-refractivity contribution in [3.63, 3.8) is 0 Å². The van der Waals surface area contributed by atoms with Crippen LogP contribution < -0.4 is 0 Å². The lowest BCUT2D eigenvalue weighted by molar-refractivity contribution is -0.387. The Morgan fingerprint density at radius 2 is 2.20 bits per heavy atom. The lowest BCUT2D eigenvalue weighted by Gasteiger charge is -2.03. The molecule has 0 atom stereocenters. The van der Waals surface area contributed by atoms with Gasteiger partial charge in [0.05, 0.1) is 10.3 Å². The fourth-order valence-corrected chi connectivity index (χ4v) is 1.36. The number of phenols is 1. The Morgan fingerprint density at radius 3 is 2.67 bits per heavy atom. The molecule has 0 saturated carbocycles. The molecule has 0 aromatic heterocycles. The van der Waals surface area contributed by atoms with E-state index in [-0.39, 0.29) is 5.33 Å². The SMILES string of the molecule is O=C(CBr)c1c(O)ccc(F)c1[N+](=O)[O-]. The van der Waals surface area contributed by atoms with Crippen LogP contribution in [0, 0.1) is 15.9 Å². The van der Waals surface area contributed by atoms with Gasteiger partial charge in [-0.3, -0.25) is 14.9 Å². The summed E-state index contributed by atoms with van der Waals surface area (Å²) < 4.78 is 13.1. The van der Waals surface area contributed by atoms with E-state index >= 15 is 0 Å². The highest BCUT2D eigenvalue weighted by atomic mass is 79.9. The molecular weight excluding hydrogens is 273 g/mol. The highest BCUT2D eigenvalue weighted by Gasteiger charge is 2.27. The summed E-state index contributed by atoms with van der Waals surface area (Å²) in [5.41, 5.74) is -1.61. The number of carbonyl (C=O) groups excluding carboxylic acids is 1. The van der Waals surface area contributed by atoms with Gasteiger partial charge >= 0.3 is 5.69 Å². The van der Waals surface area contributed by atoms with Gasteiger partial charge < -0.3 is 5.11 Å². The van der Waals surface area contributed by atoms with E-state index in [1.807, 2.05) is 0 Å². The zero-order chi connectivity index (χ0) is 11.6. The summed E-state index contributed by atoms with van der Waals surface area (Å²) >= 11 is 2.79. The monoisotopic (exact) mass is 277 g/mol. The number of hydrogen-bond acceptors (Lipinski definition) is 4. The van der Waals surface area contributed by atoms with E-state index in [1.54, 1.807) is 0 Å². The Hall–Kier alpha value is -1.50. The van der Waals surface area contributed by atoms with Crippen LogP contribution in [0.1, 0.15) is 10.4 Å². The lowest BCUT2D eigenvalue weighted by atomic mass is 10.1. The summed E-state index contributed by atoms with van der Waals surface area (Å²) in [6.45, 7) is 0. The van der Waals surface area contributed by atoms with E-state index in [4.69, 9.17) is 0 Å². The van der Waals surface area contributed by atoms with Gasteiger partial charge in [0.25, 0.3) is 0 Å². The number of carbonyl (C=O) groups is 1. The van der Waals surface area contributed by atoms with Crippen LogP contribution in [0.5, 0.6) is 5.75 Å². The number of aromatic hydroxyl groups is 1. The van der Waals surface area contributed by atoms with Gasteiger partial charge in [0.15, 0.2) is 5.78 Å². The molecule has 0 aliphatic heterocycles. The van der Waals surface area contributed by atoms with Gasteiger partial charge in [0.1, 0.15) is 11.3 Å². The van der Waals surface area contributed by atoms with Crippen molar-refractivity contribution in [3.8, 4) is 5.75 Å². The summed E-state index contributed by atoms with van der Waals surface area (Å²) in [7, 11) is 0. The van der Waals surface area contributed by atoms with Crippen molar-refractivity contribution in [2.75, 3.05) is 5.33 Å². The molecule has 0 heterocycles. The molecule has 1 aromatic carbocycles. The maximum Gasteiger partial charge on any atom is 0.319 e. The number of Topliss-reactive ketones (excluding diaryl/α,β-unsaturated/α-hetero) is 1. The topological polar surface area (TPSA) is 80.4 Å². The number of nitrogens with zero attached hydrogens (tertiary/aromatic N) is 1. The Balaban J connectivity index is 3.52. The number of nitro groups is 1. The number of ketones is 1. The van der Waals surface area contributed by atoms with Crippen molar-refractivity contribution in [1.82, 2.24) is 0 Å². The third-order valence-corrected chi connectivity index (χ3v) is 2.20. The fraction of sp³-hybridized carbons (Fsp3) is 0.125. The summed E-state index contributed by atoms with van der Waals surface area (Å²) in [6, 6.07) is 1.64. The maximum atomic E-state index is 13.1. The molecule has 5 nitrogen and oxygen atoms in total. The number of hydrogen-bond donors (Lipinski definition) is 1. The molecule has 0 bridgehead atoms. The molecule has 0 spiro atoms. The average molecular weight is 278 g/mol. The van der Waals surface area contributed by atoms with Crippen LogP contribution in [0.15, 0.2) is 12.1 Å². The molecule has 80 valence electrons. The van der Waals surface area contributed by atoms with Gasteiger partial charge in [-0.15, -0.1) is 0 Å². The predicted molar refractivity (Wildman–Crippen MR) is 52.8 cm³/mol. The van der Waals surface area contributed by atoms with Crippen molar-refractivity contribution in [1.29, 1.82) is 0 Å². The second kappa shape index (κ2) is 4.35. The lowest BCUT2D eigenvalue weighted by Crippen LogP contribution is -2.07. The minimum Gasteiger partial charge on any atom is -0.507 e. The van der Waals surface area contributed by atoms with E-state index in [0.29, 0.717) is 0 Å². The zero-order valence-corrected chi connectivity index (χ0v) is 8.82. The van der Waals surface area contributed by atoms with Gasteiger partial charge in [-0.05, 0) is 12.1 Å². The molecule has 0 amide bonds. The summed E-state index contributed by atoms with van der Waals surface area (Å²) in [5, 5.41) is 19.5. The molecule has 1 aromatic rings. The molecule has 0 saturated heterocycles. The second-order valence-corrected chi connectivity index (χ2v) is 3.16. The number of alkyl halides is 1. The van der Waals surface area contributed by atoms with Crippen LogP contribution in [0.4, 0.5) is 10.1 Å². The number of halogens is 2. The van der Waals surface area contributed by atoms with Crippen LogP contribution in [-0.4, -0.2) is 21.1 Å². The maximum absolute atomic E-state index is 13.1. The van der Waals surface area contributed by atoms with Gasteiger partial charge in [0.2, 0.25) is 5.82 Å². The number of nitro benzene ring substituents is 1. The molecule has 15 heavy (non-hydrogen) atoms. The first-order valence-electron chi connectivity index (χ1n) is 3.74. The molecule has 1 rings (SSSR count). The minimum atomic E-state index is -1.15. The summed E-state index contributed by atoms with van der Waals surface area (Å²) in [5.74, 6) is -2.51. The smallest absolute Gasteiger partial charge is 0.319 e. The highest BCUT2D eigenvalue weighted by molar-refractivity contribution is 9.09. The fourth-order valence-electron chi connectivity index (χ4n) is 1.08. The van der Waals surface area contributed by atoms with E-state index in [2.05, 4.69) is 15.9 Å². The van der Waals surface area contributed by atoms with E-state index in [0.717, 1.165) is 12.1 Å². The molecular formula is C8H5BrFNO4. The third-order valence-electron chi connectivity index (χ3n) is 1.69. The van der Waals surface area contributed by atoms with Crippen LogP contribution in [0.3, 0.4) is 0 Å². The largest absolute Gasteiger partial charge is 0.507 e. The average Bonchev–Trinajstić information content (AvgIpc) is 2.19. The molecule has 1 N–H and O–H groups in total. The standard InChI is InChI=1S/C8H5BrFNO4/c9-3-6(13)7-5(12)2-1-4(10)8(7)11(14)15/h1-2,12H,3H2. The summed E-state index contributed by atoms with van der Waals surface area (Å²) in [4.78, 5) is 20.7. The number of rotatable bonds is 3. The van der Waals surface area contributed by atoms with Crippen molar-refractivity contribution in [2.24, 2.45) is 0 Å². The second-order valence-electron chi connectivity index (χ2n) is 2.60. The number of benzene rings is 1. The van der Waals surface area contributed by atoms with Crippen molar-refractivity contribution >= 4 is 27.4 Å². The van der Waals surface area contributed by atoms with Gasteiger partial charge in [0, 0.05) is 0 Å². The molecule has 0 radical (unpaired) electrons. The third kappa shape index (κ3) is 2.12. The Bertz CT molecular complexity index is 435. The predicted octanol–water partition coefficient (Wildman–Crippen LogP) is 2.02. The van der Waals surface area contributed by atoms with Crippen LogP contribution >= 0.6 is 15.9 Å². The normalized spacial score (nSPS) is 10.0. The van der Waals surface area contributed by atoms with Crippen LogP contribution in [0.25, 0.3) is 0 Å². The van der Waals surface area contributed by atoms with Crippen molar-refractivity contribution in [2.45, 2.75) is 0 Å². The molecule has 0 unspecified atom stereocenters.